The summed E-state index contributed by atoms with van der Waals surface area (Å²) in [5.74, 6) is -1.76. The van der Waals surface area contributed by atoms with Crippen LogP contribution in [0.2, 0.25) is 0 Å². The highest BCUT2D eigenvalue weighted by Crippen LogP contribution is 2.43. The number of aliphatic carboxylic acids is 1. The van der Waals surface area contributed by atoms with Crippen molar-refractivity contribution in [3.05, 3.63) is 54.0 Å². The van der Waals surface area contributed by atoms with Crippen LogP contribution in [0.1, 0.15) is 24.2 Å². The van der Waals surface area contributed by atoms with Crippen molar-refractivity contribution in [2.75, 3.05) is 45.2 Å². The number of para-hydroxylation sites is 1. The van der Waals surface area contributed by atoms with Crippen LogP contribution in [0.15, 0.2) is 47.1 Å². The number of alkyl halides is 3. The van der Waals surface area contributed by atoms with E-state index in [1.807, 2.05) is 35.2 Å². The van der Waals surface area contributed by atoms with E-state index in [0.29, 0.717) is 13.2 Å². The summed E-state index contributed by atoms with van der Waals surface area (Å²) in [6, 6.07) is 12.2. The average molecular weight is 483 g/mol. The van der Waals surface area contributed by atoms with Gasteiger partial charge in [0.15, 0.2) is 0 Å². The number of amides is 2. The number of hydrogen-bond acceptors (Lipinski definition) is 5. The molecule has 186 valence electrons. The van der Waals surface area contributed by atoms with E-state index in [1.54, 1.807) is 25.3 Å². The fraction of sp³-hybridized carbons (Fsp3) is 0.478. The van der Waals surface area contributed by atoms with Gasteiger partial charge in [-0.25, -0.2) is 9.59 Å². The standard InChI is InChI=1S/C21H27N3O3.C2HF3O2/c1-22(2)20(25)24-13-15-27-21(18-7-3-4-8-19(18)24)9-11-23(12-10-21)16-17-6-5-14-26-17;3-2(4,5)1(6)7/h3-8,14H,9-13,15-16H2,1-2H3;(H,6,7). The fourth-order valence-corrected chi connectivity index (χ4v) is 4.17. The molecule has 0 bridgehead atoms. The van der Waals surface area contributed by atoms with Crippen LogP contribution in [0.4, 0.5) is 23.7 Å². The van der Waals surface area contributed by atoms with Crippen LogP contribution in [-0.2, 0) is 21.7 Å². The first-order valence-corrected chi connectivity index (χ1v) is 10.8. The lowest BCUT2D eigenvalue weighted by Gasteiger charge is -2.41. The van der Waals surface area contributed by atoms with Gasteiger partial charge in [-0.2, -0.15) is 13.2 Å². The molecule has 0 radical (unpaired) electrons. The van der Waals surface area contributed by atoms with Crippen LogP contribution in [0.3, 0.4) is 0 Å². The minimum atomic E-state index is -5.08. The predicted molar refractivity (Wildman–Crippen MR) is 117 cm³/mol. The van der Waals surface area contributed by atoms with Crippen LogP contribution >= 0.6 is 0 Å². The summed E-state index contributed by atoms with van der Waals surface area (Å²) >= 11 is 0. The first-order valence-electron chi connectivity index (χ1n) is 10.8. The van der Waals surface area contributed by atoms with Gasteiger partial charge in [-0.05, 0) is 31.0 Å². The maximum absolute atomic E-state index is 12.7. The quantitative estimate of drug-likeness (QED) is 0.697. The fourth-order valence-electron chi connectivity index (χ4n) is 4.17. The smallest absolute Gasteiger partial charge is 0.475 e. The lowest BCUT2D eigenvalue weighted by molar-refractivity contribution is -0.192. The van der Waals surface area contributed by atoms with Gasteiger partial charge in [0.2, 0.25) is 0 Å². The van der Waals surface area contributed by atoms with Crippen LogP contribution in [0, 0.1) is 0 Å². The second-order valence-electron chi connectivity index (χ2n) is 8.35. The van der Waals surface area contributed by atoms with Gasteiger partial charge in [-0.1, -0.05) is 18.2 Å². The Balaban J connectivity index is 0.000000406. The third-order valence-corrected chi connectivity index (χ3v) is 5.86. The minimum Gasteiger partial charge on any atom is -0.475 e. The number of carboxylic acids is 1. The summed E-state index contributed by atoms with van der Waals surface area (Å²) in [6.45, 7) is 3.83. The Morgan fingerprint density at radius 1 is 1.09 bits per heavy atom. The van der Waals surface area contributed by atoms with E-state index in [1.165, 1.54) is 0 Å². The van der Waals surface area contributed by atoms with Gasteiger partial charge < -0.3 is 19.2 Å². The van der Waals surface area contributed by atoms with E-state index in [9.17, 15) is 18.0 Å². The van der Waals surface area contributed by atoms with Gasteiger partial charge in [0.25, 0.3) is 0 Å². The Bertz CT molecular complexity index is 970. The largest absolute Gasteiger partial charge is 0.490 e. The summed E-state index contributed by atoms with van der Waals surface area (Å²) in [4.78, 5) is 27.5. The number of likely N-dealkylation sites (tertiary alicyclic amines) is 1. The van der Waals surface area contributed by atoms with Crippen molar-refractivity contribution in [2.24, 2.45) is 0 Å². The molecule has 1 fully saturated rings. The van der Waals surface area contributed by atoms with Crippen LogP contribution in [0.25, 0.3) is 0 Å². The van der Waals surface area contributed by atoms with Gasteiger partial charge >= 0.3 is 18.2 Å². The molecule has 0 atom stereocenters. The highest BCUT2D eigenvalue weighted by Gasteiger charge is 2.42. The number of halogens is 3. The molecule has 0 aliphatic carbocycles. The molecule has 0 saturated carbocycles. The van der Waals surface area contributed by atoms with Crippen molar-refractivity contribution in [3.63, 3.8) is 0 Å². The zero-order chi connectivity index (χ0) is 24.9. The highest BCUT2D eigenvalue weighted by molar-refractivity contribution is 5.93. The molecule has 11 heteroatoms. The Kier molecular flexibility index (Phi) is 7.88. The number of nitrogens with zero attached hydrogens (tertiary/aromatic N) is 3. The average Bonchev–Trinajstić information content (AvgIpc) is 3.25. The molecule has 1 N–H and O–H groups in total. The topological polar surface area (TPSA) is 86.5 Å². The number of piperidine rings is 1. The number of urea groups is 1. The minimum absolute atomic E-state index is 0.00152. The number of benzene rings is 1. The van der Waals surface area contributed by atoms with Gasteiger partial charge in [0.1, 0.15) is 5.76 Å². The van der Waals surface area contributed by atoms with Crippen LogP contribution in [-0.4, -0.2) is 73.4 Å². The van der Waals surface area contributed by atoms with Crippen LogP contribution in [0.5, 0.6) is 0 Å². The summed E-state index contributed by atoms with van der Waals surface area (Å²) in [7, 11) is 3.58. The third kappa shape index (κ3) is 5.89. The molecule has 2 aliphatic heterocycles. The second kappa shape index (κ2) is 10.5. The number of furan rings is 1. The summed E-state index contributed by atoms with van der Waals surface area (Å²) < 4.78 is 43.7. The van der Waals surface area contributed by atoms with Gasteiger partial charge in [-0.3, -0.25) is 9.80 Å². The maximum Gasteiger partial charge on any atom is 0.490 e. The summed E-state index contributed by atoms with van der Waals surface area (Å²) in [5.41, 5.74) is 1.79. The molecule has 3 heterocycles. The molecule has 0 unspecified atom stereocenters. The van der Waals surface area contributed by atoms with E-state index in [4.69, 9.17) is 19.1 Å². The molecule has 4 rings (SSSR count). The highest BCUT2D eigenvalue weighted by atomic mass is 19.4. The molecule has 2 aromatic rings. The number of anilines is 1. The molecule has 1 aromatic carbocycles. The van der Waals surface area contributed by atoms with E-state index in [-0.39, 0.29) is 11.6 Å². The van der Waals surface area contributed by atoms with Gasteiger partial charge in [0, 0.05) is 32.7 Å². The Hall–Kier alpha value is -3.05. The molecular weight excluding hydrogens is 455 g/mol. The van der Waals surface area contributed by atoms with Crippen molar-refractivity contribution in [1.82, 2.24) is 9.80 Å². The Morgan fingerprint density at radius 2 is 1.74 bits per heavy atom. The number of fused-ring (bicyclic) bond motifs is 2. The summed E-state index contributed by atoms with van der Waals surface area (Å²) in [6.07, 6.45) is -1.54. The van der Waals surface area contributed by atoms with Gasteiger partial charge in [-0.15, -0.1) is 0 Å². The zero-order valence-electron chi connectivity index (χ0n) is 19.0. The number of carbonyl (C=O) groups excluding carboxylic acids is 1. The van der Waals surface area contributed by atoms with Crippen LogP contribution < -0.4 is 4.90 Å². The van der Waals surface area contributed by atoms with Crippen molar-refractivity contribution in [3.8, 4) is 0 Å². The molecule has 1 aromatic heterocycles. The Labute approximate surface area is 195 Å². The number of carbonyl (C=O) groups is 2. The Morgan fingerprint density at radius 3 is 2.29 bits per heavy atom. The number of rotatable bonds is 2. The van der Waals surface area contributed by atoms with E-state index in [2.05, 4.69) is 11.0 Å². The van der Waals surface area contributed by atoms with Crippen molar-refractivity contribution >= 4 is 17.7 Å². The first kappa shape index (κ1) is 25.6. The first-order chi connectivity index (χ1) is 16.0. The van der Waals surface area contributed by atoms with Crippen molar-refractivity contribution < 1.29 is 37.0 Å². The molecule has 2 amide bonds. The normalized spacial score (nSPS) is 17.9. The predicted octanol–water partition coefficient (Wildman–Crippen LogP) is 3.92. The van der Waals surface area contributed by atoms with Crippen molar-refractivity contribution in [2.45, 2.75) is 31.2 Å². The maximum atomic E-state index is 12.7. The van der Waals surface area contributed by atoms with E-state index >= 15 is 0 Å². The number of hydrogen-bond donors (Lipinski definition) is 1. The molecule has 1 spiro atoms. The van der Waals surface area contributed by atoms with Crippen molar-refractivity contribution in [1.29, 1.82) is 0 Å². The lowest BCUT2D eigenvalue weighted by Crippen LogP contribution is -2.43. The SMILES string of the molecule is CN(C)C(=O)N1CCOC2(CCN(Cc3ccco3)CC2)c2ccccc21.O=C(O)C(F)(F)F. The third-order valence-electron chi connectivity index (χ3n) is 5.86. The number of ether oxygens (including phenoxy) is 1. The zero-order valence-corrected chi connectivity index (χ0v) is 19.0. The van der Waals surface area contributed by atoms with Gasteiger partial charge in [0.05, 0.1) is 37.2 Å². The lowest BCUT2D eigenvalue weighted by atomic mass is 9.83. The summed E-state index contributed by atoms with van der Waals surface area (Å²) in [5, 5.41) is 7.12. The molecule has 1 saturated heterocycles. The second-order valence-corrected chi connectivity index (χ2v) is 8.35. The van der Waals surface area contributed by atoms with E-state index < -0.39 is 12.1 Å². The number of carboxylic acid groups (broad SMARTS) is 1. The molecule has 34 heavy (non-hydrogen) atoms. The van der Waals surface area contributed by atoms with E-state index in [0.717, 1.165) is 49.5 Å². The molecular formula is C23H28F3N3O5. The molecule has 2 aliphatic rings. The molecule has 8 nitrogen and oxygen atoms in total. The monoisotopic (exact) mass is 483 g/mol.